The van der Waals surface area contributed by atoms with Crippen LogP contribution in [-0.4, -0.2) is 26.7 Å². The van der Waals surface area contributed by atoms with Gasteiger partial charge in [0.1, 0.15) is 0 Å². The molecule has 4 aliphatic rings. The zero-order chi connectivity index (χ0) is 16.2. The van der Waals surface area contributed by atoms with Crippen LogP contribution < -0.4 is 0 Å². The molecule has 0 aromatic rings. The summed E-state index contributed by atoms with van der Waals surface area (Å²) in [5.74, 6) is 4.37. The van der Waals surface area contributed by atoms with Crippen molar-refractivity contribution in [1.29, 1.82) is 0 Å². The van der Waals surface area contributed by atoms with Gasteiger partial charge in [-0.25, -0.2) is 0 Å². The Labute approximate surface area is 148 Å². The second-order valence-electron chi connectivity index (χ2n) is 8.36. The number of carboxylic acid groups (broad SMARTS) is 1. The Morgan fingerprint density at radius 1 is 1.30 bits per heavy atom. The molecule has 2 nitrogen and oxygen atoms in total. The van der Waals surface area contributed by atoms with E-state index in [0.29, 0.717) is 27.8 Å². The lowest BCUT2D eigenvalue weighted by Gasteiger charge is -2.54. The lowest BCUT2D eigenvalue weighted by Crippen LogP contribution is -2.50. The summed E-state index contributed by atoms with van der Waals surface area (Å²) in [7, 11) is 0. The quantitative estimate of drug-likeness (QED) is 0.670. The van der Waals surface area contributed by atoms with E-state index in [0.717, 1.165) is 25.7 Å². The Morgan fingerprint density at radius 2 is 2.04 bits per heavy atom. The van der Waals surface area contributed by atoms with Gasteiger partial charge in [0.15, 0.2) is 0 Å². The van der Waals surface area contributed by atoms with E-state index in [4.69, 9.17) is 0 Å². The first-order valence-corrected chi connectivity index (χ1v) is 11.2. The molecule has 1 aliphatic heterocycles. The normalized spacial score (nSPS) is 45.2. The van der Waals surface area contributed by atoms with Crippen LogP contribution >= 0.6 is 23.5 Å². The van der Waals surface area contributed by atoms with Crippen LogP contribution in [0.5, 0.6) is 0 Å². The van der Waals surface area contributed by atoms with Gasteiger partial charge in [-0.15, -0.1) is 23.5 Å². The zero-order valence-electron chi connectivity index (χ0n) is 14.2. The SMILES string of the molecule is C[C@@H]1CC2(C=C3CCC4C(CCCC4(C)C(=O)O)C31)SCCS2. The van der Waals surface area contributed by atoms with Gasteiger partial charge in [0, 0.05) is 11.5 Å². The Morgan fingerprint density at radius 3 is 2.74 bits per heavy atom. The largest absolute Gasteiger partial charge is 0.481 e. The number of carbonyl (C=O) groups is 1. The summed E-state index contributed by atoms with van der Waals surface area (Å²) >= 11 is 4.30. The van der Waals surface area contributed by atoms with Gasteiger partial charge in [-0.1, -0.05) is 25.0 Å². The van der Waals surface area contributed by atoms with E-state index in [9.17, 15) is 9.90 Å². The lowest BCUT2D eigenvalue weighted by atomic mass is 9.51. The molecule has 1 N–H and O–H groups in total. The summed E-state index contributed by atoms with van der Waals surface area (Å²) in [5.41, 5.74) is 1.20. The van der Waals surface area contributed by atoms with E-state index in [1.54, 1.807) is 5.57 Å². The van der Waals surface area contributed by atoms with Crippen LogP contribution in [-0.2, 0) is 4.79 Å². The molecule has 1 heterocycles. The van der Waals surface area contributed by atoms with Gasteiger partial charge >= 0.3 is 5.97 Å². The zero-order valence-corrected chi connectivity index (χ0v) is 15.8. The van der Waals surface area contributed by atoms with Crippen LogP contribution in [0.2, 0.25) is 0 Å². The molecule has 3 aliphatic carbocycles. The van der Waals surface area contributed by atoms with Crippen molar-refractivity contribution in [3.63, 3.8) is 0 Å². The molecule has 23 heavy (non-hydrogen) atoms. The average Bonchev–Trinajstić information content (AvgIpc) is 2.94. The molecule has 4 heteroatoms. The molecule has 4 unspecified atom stereocenters. The first-order chi connectivity index (χ1) is 11.0. The van der Waals surface area contributed by atoms with E-state index >= 15 is 0 Å². The van der Waals surface area contributed by atoms with Gasteiger partial charge < -0.3 is 5.11 Å². The van der Waals surface area contributed by atoms with Crippen LogP contribution in [0, 0.1) is 29.1 Å². The average molecular weight is 353 g/mol. The predicted molar refractivity (Wildman–Crippen MR) is 98.8 cm³/mol. The smallest absolute Gasteiger partial charge is 0.309 e. The monoisotopic (exact) mass is 352 g/mol. The Balaban J connectivity index is 1.67. The molecule has 5 atom stereocenters. The van der Waals surface area contributed by atoms with Crippen molar-refractivity contribution in [1.82, 2.24) is 0 Å². The van der Waals surface area contributed by atoms with Crippen molar-refractivity contribution >= 4 is 29.5 Å². The standard InChI is InChI=1S/C19H28O2S2/c1-12-10-19(22-8-9-23-19)11-13-5-6-15-14(16(12)13)4-3-7-18(15,2)17(20)21/h11-12,14-16H,3-10H2,1-2H3,(H,20,21)/t12-,14?,15?,16?,18?/m1/s1. The Kier molecular flexibility index (Phi) is 4.08. The predicted octanol–water partition coefficient (Wildman–Crippen LogP) is 5.05. The summed E-state index contributed by atoms with van der Waals surface area (Å²) in [6.45, 7) is 4.46. The molecule has 0 aromatic carbocycles. The number of allylic oxidation sites excluding steroid dienone is 1. The molecule has 128 valence electrons. The summed E-state index contributed by atoms with van der Waals surface area (Å²) in [5, 5.41) is 9.84. The maximum Gasteiger partial charge on any atom is 0.309 e. The number of rotatable bonds is 1. The fourth-order valence-corrected chi connectivity index (χ4v) is 9.52. The van der Waals surface area contributed by atoms with Gasteiger partial charge in [0.25, 0.3) is 0 Å². The number of fused-ring (bicyclic) bond motifs is 3. The fraction of sp³-hybridized carbons (Fsp3) is 0.842. The third kappa shape index (κ3) is 2.50. The highest BCUT2D eigenvalue weighted by atomic mass is 32.2. The van der Waals surface area contributed by atoms with Crippen molar-refractivity contribution < 1.29 is 9.90 Å². The molecular weight excluding hydrogens is 324 g/mol. The van der Waals surface area contributed by atoms with E-state index in [-0.39, 0.29) is 0 Å². The number of hydrogen-bond donors (Lipinski definition) is 1. The maximum atomic E-state index is 12.0. The van der Waals surface area contributed by atoms with Crippen LogP contribution in [0.25, 0.3) is 0 Å². The van der Waals surface area contributed by atoms with E-state index in [1.807, 2.05) is 6.92 Å². The van der Waals surface area contributed by atoms with E-state index in [2.05, 4.69) is 36.5 Å². The van der Waals surface area contributed by atoms with Gasteiger partial charge in [-0.05, 0) is 62.7 Å². The fourth-order valence-electron chi connectivity index (χ4n) is 6.10. The number of aliphatic carboxylic acids is 1. The van der Waals surface area contributed by atoms with Crippen molar-refractivity contribution in [3.05, 3.63) is 11.6 Å². The second kappa shape index (κ2) is 5.72. The summed E-state index contributed by atoms with van der Waals surface area (Å²) in [6.07, 6.45) is 9.35. The molecule has 1 spiro atoms. The van der Waals surface area contributed by atoms with Gasteiger partial charge in [0.2, 0.25) is 0 Å². The second-order valence-corrected chi connectivity index (χ2v) is 11.5. The van der Waals surface area contributed by atoms with Crippen LogP contribution in [0.3, 0.4) is 0 Å². The highest BCUT2D eigenvalue weighted by molar-refractivity contribution is 8.21. The minimum absolute atomic E-state index is 0.350. The van der Waals surface area contributed by atoms with Crippen molar-refractivity contribution in [3.8, 4) is 0 Å². The highest BCUT2D eigenvalue weighted by Gasteiger charge is 2.54. The first kappa shape index (κ1) is 16.4. The molecule has 4 rings (SSSR count). The molecule has 3 fully saturated rings. The topological polar surface area (TPSA) is 37.3 Å². The number of thioether (sulfide) groups is 2. The Bertz CT molecular complexity index is 537. The molecule has 0 amide bonds. The minimum atomic E-state index is -0.554. The third-order valence-electron chi connectivity index (χ3n) is 7.09. The van der Waals surface area contributed by atoms with Gasteiger partial charge in [-0.2, -0.15) is 0 Å². The van der Waals surface area contributed by atoms with E-state index in [1.165, 1.54) is 24.3 Å². The lowest BCUT2D eigenvalue weighted by molar-refractivity contribution is -0.158. The first-order valence-electron chi connectivity index (χ1n) is 9.18. The van der Waals surface area contributed by atoms with Gasteiger partial charge in [0.05, 0.1) is 9.49 Å². The van der Waals surface area contributed by atoms with Crippen LogP contribution in [0.1, 0.15) is 52.4 Å². The Hall–Kier alpha value is -0.0900. The molecule has 2 saturated carbocycles. The molecule has 0 aromatic heterocycles. The van der Waals surface area contributed by atoms with Crippen molar-refractivity contribution in [2.24, 2.45) is 29.1 Å². The number of hydrogen-bond acceptors (Lipinski definition) is 3. The number of carboxylic acids is 1. The van der Waals surface area contributed by atoms with Crippen LogP contribution in [0.4, 0.5) is 0 Å². The molecule has 0 bridgehead atoms. The van der Waals surface area contributed by atoms with Crippen molar-refractivity contribution in [2.45, 2.75) is 56.5 Å². The van der Waals surface area contributed by atoms with E-state index < -0.39 is 11.4 Å². The molecule has 1 saturated heterocycles. The molecule has 0 radical (unpaired) electrons. The maximum absolute atomic E-state index is 12.0. The highest BCUT2D eigenvalue weighted by Crippen LogP contribution is 2.61. The minimum Gasteiger partial charge on any atom is -0.481 e. The summed E-state index contributed by atoms with van der Waals surface area (Å²) in [6, 6.07) is 0. The van der Waals surface area contributed by atoms with Crippen molar-refractivity contribution in [2.75, 3.05) is 11.5 Å². The van der Waals surface area contributed by atoms with Crippen LogP contribution in [0.15, 0.2) is 11.6 Å². The van der Waals surface area contributed by atoms with Gasteiger partial charge in [-0.3, -0.25) is 4.79 Å². The third-order valence-corrected chi connectivity index (χ3v) is 10.4. The summed E-state index contributed by atoms with van der Waals surface area (Å²) in [4.78, 5) is 12.0. The summed E-state index contributed by atoms with van der Waals surface area (Å²) < 4.78 is 0.350. The molecular formula is C19H28O2S2.